The molecular formula is C13H15N3O. The predicted octanol–water partition coefficient (Wildman–Crippen LogP) is 3.05. The lowest BCUT2D eigenvalue weighted by Crippen LogP contribution is -2.10. The van der Waals surface area contributed by atoms with Crippen LogP contribution in [0.3, 0.4) is 0 Å². The maximum Gasteiger partial charge on any atom is 0.257 e. The molecule has 17 heavy (non-hydrogen) atoms. The molecule has 0 amide bonds. The highest BCUT2D eigenvalue weighted by Gasteiger charge is 2.24. The predicted molar refractivity (Wildman–Crippen MR) is 65.9 cm³/mol. The van der Waals surface area contributed by atoms with E-state index in [1.165, 1.54) is 19.3 Å². The lowest BCUT2D eigenvalue weighted by atomic mass is 9.85. The molecule has 0 spiro atoms. The van der Waals surface area contributed by atoms with E-state index in [2.05, 4.69) is 15.5 Å². The Hall–Kier alpha value is -1.84. The maximum atomic E-state index is 5.30. The number of hydrogen-bond acceptors (Lipinski definition) is 4. The summed E-state index contributed by atoms with van der Waals surface area (Å²) in [4.78, 5) is 4.46. The average Bonchev–Trinajstić information content (AvgIpc) is 2.76. The minimum absolute atomic E-state index is 0.518. The quantitative estimate of drug-likeness (QED) is 0.878. The summed E-state index contributed by atoms with van der Waals surface area (Å²) in [5, 5.41) is 7.14. The Morgan fingerprint density at radius 1 is 1.24 bits per heavy atom. The molecule has 1 N–H and O–H groups in total. The molecule has 1 saturated carbocycles. The monoisotopic (exact) mass is 229 g/mol. The van der Waals surface area contributed by atoms with Crippen LogP contribution in [-0.2, 0) is 0 Å². The summed E-state index contributed by atoms with van der Waals surface area (Å²) >= 11 is 0. The van der Waals surface area contributed by atoms with E-state index in [0.717, 1.165) is 17.1 Å². The molecule has 0 saturated heterocycles. The first-order valence-electron chi connectivity index (χ1n) is 5.98. The van der Waals surface area contributed by atoms with Crippen molar-refractivity contribution in [1.82, 2.24) is 10.1 Å². The number of rotatable bonds is 3. The Labute approximate surface area is 100 Å². The van der Waals surface area contributed by atoms with Crippen LogP contribution in [0, 0.1) is 0 Å². The molecule has 88 valence electrons. The Balaban J connectivity index is 1.84. The minimum atomic E-state index is 0.518. The molecule has 0 bridgehead atoms. The van der Waals surface area contributed by atoms with Gasteiger partial charge in [-0.3, -0.25) is 0 Å². The van der Waals surface area contributed by atoms with Crippen LogP contribution < -0.4 is 5.32 Å². The first-order valence-corrected chi connectivity index (χ1v) is 5.98. The molecule has 0 radical (unpaired) electrons. The molecule has 3 rings (SSSR count). The molecule has 2 aromatic rings. The van der Waals surface area contributed by atoms with Gasteiger partial charge in [-0.05, 0) is 37.1 Å². The van der Waals surface area contributed by atoms with Crippen molar-refractivity contribution >= 4 is 5.69 Å². The molecule has 0 aliphatic heterocycles. The fourth-order valence-electron chi connectivity index (χ4n) is 1.96. The number of hydrogen-bond donors (Lipinski definition) is 1. The van der Waals surface area contributed by atoms with Gasteiger partial charge in [0.15, 0.2) is 5.82 Å². The van der Waals surface area contributed by atoms with Gasteiger partial charge in [-0.1, -0.05) is 11.6 Å². The number of benzene rings is 1. The second kappa shape index (κ2) is 4.20. The zero-order chi connectivity index (χ0) is 11.7. The van der Waals surface area contributed by atoms with E-state index in [1.807, 2.05) is 31.3 Å². The summed E-state index contributed by atoms with van der Waals surface area (Å²) in [6.07, 6.45) is 3.67. The lowest BCUT2D eigenvalue weighted by molar-refractivity contribution is 0.366. The zero-order valence-electron chi connectivity index (χ0n) is 9.81. The molecule has 1 fully saturated rings. The van der Waals surface area contributed by atoms with E-state index in [0.29, 0.717) is 11.8 Å². The van der Waals surface area contributed by atoms with Gasteiger partial charge in [-0.2, -0.15) is 4.98 Å². The zero-order valence-corrected chi connectivity index (χ0v) is 9.81. The Bertz CT molecular complexity index is 500. The topological polar surface area (TPSA) is 51.0 Å². The van der Waals surface area contributed by atoms with Crippen molar-refractivity contribution in [2.75, 3.05) is 12.4 Å². The second-order valence-electron chi connectivity index (χ2n) is 4.41. The molecule has 4 nitrogen and oxygen atoms in total. The van der Waals surface area contributed by atoms with E-state index < -0.39 is 0 Å². The molecule has 1 aliphatic rings. The van der Waals surface area contributed by atoms with Gasteiger partial charge >= 0.3 is 0 Å². The van der Waals surface area contributed by atoms with Crippen molar-refractivity contribution in [3.05, 3.63) is 30.1 Å². The average molecular weight is 229 g/mol. The third kappa shape index (κ3) is 1.90. The van der Waals surface area contributed by atoms with Crippen LogP contribution in [0.4, 0.5) is 5.69 Å². The smallest absolute Gasteiger partial charge is 0.257 e. The van der Waals surface area contributed by atoms with Gasteiger partial charge in [0.05, 0.1) is 0 Å². The minimum Gasteiger partial charge on any atom is -0.388 e. The number of nitrogens with one attached hydrogen (secondary N) is 1. The highest BCUT2D eigenvalue weighted by molar-refractivity contribution is 5.58. The van der Waals surface area contributed by atoms with Gasteiger partial charge in [0.25, 0.3) is 5.89 Å². The van der Waals surface area contributed by atoms with Crippen LogP contribution in [0.1, 0.15) is 31.0 Å². The number of anilines is 1. The largest absolute Gasteiger partial charge is 0.388 e. The summed E-state index contributed by atoms with van der Waals surface area (Å²) in [5.41, 5.74) is 2.05. The highest BCUT2D eigenvalue weighted by atomic mass is 16.5. The molecule has 0 atom stereocenters. The van der Waals surface area contributed by atoms with Gasteiger partial charge in [-0.15, -0.1) is 0 Å². The van der Waals surface area contributed by atoms with Gasteiger partial charge in [-0.25, -0.2) is 0 Å². The van der Waals surface area contributed by atoms with Crippen molar-refractivity contribution in [1.29, 1.82) is 0 Å². The summed E-state index contributed by atoms with van der Waals surface area (Å²) in [5.74, 6) is 2.00. The third-order valence-corrected chi connectivity index (χ3v) is 3.33. The third-order valence-electron chi connectivity index (χ3n) is 3.33. The summed E-state index contributed by atoms with van der Waals surface area (Å²) in [6, 6.07) is 7.99. The van der Waals surface area contributed by atoms with Crippen molar-refractivity contribution < 1.29 is 4.52 Å². The van der Waals surface area contributed by atoms with Gasteiger partial charge in [0.2, 0.25) is 0 Å². The molecule has 1 aromatic heterocycles. The van der Waals surface area contributed by atoms with Crippen LogP contribution in [-0.4, -0.2) is 17.2 Å². The first kappa shape index (κ1) is 10.3. The van der Waals surface area contributed by atoms with Crippen molar-refractivity contribution in [2.24, 2.45) is 0 Å². The molecular weight excluding hydrogens is 214 g/mol. The van der Waals surface area contributed by atoms with Gasteiger partial charge < -0.3 is 9.84 Å². The number of nitrogens with zero attached hydrogens (tertiary/aromatic N) is 2. The molecule has 1 heterocycles. The normalized spacial score (nSPS) is 15.6. The Morgan fingerprint density at radius 3 is 2.59 bits per heavy atom. The van der Waals surface area contributed by atoms with Gasteiger partial charge in [0, 0.05) is 24.2 Å². The molecule has 1 aromatic carbocycles. The second-order valence-corrected chi connectivity index (χ2v) is 4.41. The Kier molecular flexibility index (Phi) is 2.55. The SMILES string of the molecule is CNc1ccc(-c2nc(C3CCC3)no2)cc1. The van der Waals surface area contributed by atoms with E-state index in [1.54, 1.807) is 0 Å². The molecule has 4 heteroatoms. The van der Waals surface area contributed by atoms with Crippen LogP contribution in [0.2, 0.25) is 0 Å². The van der Waals surface area contributed by atoms with Crippen LogP contribution in [0.15, 0.2) is 28.8 Å². The lowest BCUT2D eigenvalue weighted by Gasteiger charge is -2.20. The van der Waals surface area contributed by atoms with E-state index in [4.69, 9.17) is 4.52 Å². The van der Waals surface area contributed by atoms with E-state index >= 15 is 0 Å². The number of aromatic nitrogens is 2. The fraction of sp³-hybridized carbons (Fsp3) is 0.385. The maximum absolute atomic E-state index is 5.30. The standard InChI is InChI=1S/C13H15N3O/c1-14-11-7-5-10(6-8-11)13-15-12(16-17-13)9-3-2-4-9/h5-9,14H,2-4H2,1H3. The van der Waals surface area contributed by atoms with Crippen LogP contribution in [0.5, 0.6) is 0 Å². The molecule has 0 unspecified atom stereocenters. The van der Waals surface area contributed by atoms with Crippen molar-refractivity contribution in [3.63, 3.8) is 0 Å². The Morgan fingerprint density at radius 2 is 2.00 bits per heavy atom. The summed E-state index contributed by atoms with van der Waals surface area (Å²) in [6.45, 7) is 0. The molecule has 1 aliphatic carbocycles. The highest BCUT2D eigenvalue weighted by Crippen LogP contribution is 2.35. The van der Waals surface area contributed by atoms with E-state index in [9.17, 15) is 0 Å². The van der Waals surface area contributed by atoms with Gasteiger partial charge in [0.1, 0.15) is 0 Å². The van der Waals surface area contributed by atoms with E-state index in [-0.39, 0.29) is 0 Å². The van der Waals surface area contributed by atoms with Crippen LogP contribution in [0.25, 0.3) is 11.5 Å². The summed E-state index contributed by atoms with van der Waals surface area (Å²) in [7, 11) is 1.90. The fourth-order valence-corrected chi connectivity index (χ4v) is 1.96. The summed E-state index contributed by atoms with van der Waals surface area (Å²) < 4.78 is 5.30. The first-order chi connectivity index (χ1) is 8.36. The van der Waals surface area contributed by atoms with Crippen LogP contribution >= 0.6 is 0 Å². The van der Waals surface area contributed by atoms with Crippen molar-refractivity contribution in [2.45, 2.75) is 25.2 Å². The van der Waals surface area contributed by atoms with Crippen molar-refractivity contribution in [3.8, 4) is 11.5 Å².